The molecule has 17 heavy (non-hydrogen) atoms. The molecular formula is C11H13ClN2O3. The maximum absolute atomic E-state index is 10.9. The van der Waals surface area contributed by atoms with Gasteiger partial charge in [0.15, 0.2) is 0 Å². The Labute approximate surface area is 103 Å². The van der Waals surface area contributed by atoms with E-state index in [-0.39, 0.29) is 11.6 Å². The fourth-order valence-electron chi connectivity index (χ4n) is 1.87. The van der Waals surface area contributed by atoms with E-state index in [1.54, 1.807) is 0 Å². The average molecular weight is 257 g/mol. The van der Waals surface area contributed by atoms with Gasteiger partial charge in [0.25, 0.3) is 5.69 Å². The zero-order valence-corrected chi connectivity index (χ0v) is 9.80. The number of benzene rings is 1. The van der Waals surface area contributed by atoms with Gasteiger partial charge in [-0.15, -0.1) is 0 Å². The Bertz CT molecular complexity index is 448. The second kappa shape index (κ2) is 4.60. The first kappa shape index (κ1) is 12.3. The van der Waals surface area contributed by atoms with E-state index >= 15 is 0 Å². The molecule has 0 amide bonds. The van der Waals surface area contributed by atoms with E-state index in [1.807, 2.05) is 0 Å². The topological polar surface area (TPSA) is 89.4 Å². The predicted molar refractivity (Wildman–Crippen MR) is 63.8 cm³/mol. The van der Waals surface area contributed by atoms with E-state index in [9.17, 15) is 15.2 Å². The van der Waals surface area contributed by atoms with Crippen molar-refractivity contribution in [3.63, 3.8) is 0 Å². The van der Waals surface area contributed by atoms with Crippen molar-refractivity contribution >= 4 is 17.3 Å². The summed E-state index contributed by atoms with van der Waals surface area (Å²) in [6.45, 7) is 0. The lowest BCUT2D eigenvalue weighted by Gasteiger charge is -2.18. The van der Waals surface area contributed by atoms with Crippen LogP contribution in [0, 0.1) is 16.0 Å². The second-order valence-electron chi connectivity index (χ2n) is 4.31. The quantitative estimate of drug-likeness (QED) is 0.637. The SMILES string of the molecule is N[C@H](c1cc(Cl)ccc1[N+](=O)[O-])[C@@H](O)C1CC1. The number of aliphatic hydroxyl groups excluding tert-OH is 1. The van der Waals surface area contributed by atoms with Crippen LogP contribution in [-0.2, 0) is 0 Å². The first-order valence-corrected chi connectivity index (χ1v) is 5.76. The number of nitro benzene ring substituents is 1. The maximum Gasteiger partial charge on any atom is 0.274 e. The highest BCUT2D eigenvalue weighted by Gasteiger charge is 2.36. The summed E-state index contributed by atoms with van der Waals surface area (Å²) in [6.07, 6.45) is 1.10. The van der Waals surface area contributed by atoms with Crippen molar-refractivity contribution in [2.45, 2.75) is 25.0 Å². The van der Waals surface area contributed by atoms with Crippen LogP contribution in [0.3, 0.4) is 0 Å². The molecule has 0 aromatic heterocycles. The summed E-state index contributed by atoms with van der Waals surface area (Å²) in [4.78, 5) is 10.4. The molecule has 0 aliphatic heterocycles. The second-order valence-corrected chi connectivity index (χ2v) is 4.75. The van der Waals surface area contributed by atoms with Gasteiger partial charge in [-0.2, -0.15) is 0 Å². The van der Waals surface area contributed by atoms with Gasteiger partial charge in [-0.3, -0.25) is 10.1 Å². The smallest absolute Gasteiger partial charge is 0.274 e. The van der Waals surface area contributed by atoms with Gasteiger partial charge < -0.3 is 10.8 Å². The number of nitro groups is 1. The molecule has 0 bridgehead atoms. The molecule has 1 aliphatic carbocycles. The normalized spacial score (nSPS) is 18.8. The number of nitrogens with two attached hydrogens (primary N) is 1. The summed E-state index contributed by atoms with van der Waals surface area (Å²) in [5, 5.41) is 21.2. The molecule has 0 saturated heterocycles. The van der Waals surface area contributed by atoms with Crippen LogP contribution < -0.4 is 5.73 Å². The molecule has 1 fully saturated rings. The van der Waals surface area contributed by atoms with Crippen LogP contribution in [0.1, 0.15) is 24.4 Å². The molecular weight excluding hydrogens is 244 g/mol. The molecule has 1 aliphatic rings. The Morgan fingerprint density at radius 1 is 1.53 bits per heavy atom. The maximum atomic E-state index is 10.9. The number of hydrogen-bond donors (Lipinski definition) is 2. The van der Waals surface area contributed by atoms with E-state index < -0.39 is 17.1 Å². The van der Waals surface area contributed by atoms with Crippen LogP contribution in [0.15, 0.2) is 18.2 Å². The van der Waals surface area contributed by atoms with Gasteiger partial charge in [0.1, 0.15) is 0 Å². The molecule has 0 heterocycles. The Balaban J connectivity index is 2.34. The summed E-state index contributed by atoms with van der Waals surface area (Å²) in [5.74, 6) is 0.156. The first-order chi connectivity index (χ1) is 8.00. The highest BCUT2D eigenvalue weighted by molar-refractivity contribution is 6.30. The molecule has 0 spiro atoms. The molecule has 3 N–H and O–H groups in total. The Morgan fingerprint density at radius 3 is 2.71 bits per heavy atom. The molecule has 1 saturated carbocycles. The summed E-state index contributed by atoms with van der Waals surface area (Å²) < 4.78 is 0. The van der Waals surface area contributed by atoms with Crippen molar-refractivity contribution in [2.75, 3.05) is 0 Å². The van der Waals surface area contributed by atoms with E-state index in [0.29, 0.717) is 10.6 Å². The molecule has 2 rings (SSSR count). The standard InChI is InChI=1S/C11H13ClN2O3/c12-7-3-4-9(14(16)17)8(5-7)10(13)11(15)6-1-2-6/h3-6,10-11,15H,1-2,13H2/t10-,11+/m1/s1. The van der Waals surface area contributed by atoms with Crippen LogP contribution in [0.4, 0.5) is 5.69 Å². The Kier molecular flexibility index (Phi) is 3.33. The molecule has 2 atom stereocenters. The van der Waals surface area contributed by atoms with Gasteiger partial charge in [0.05, 0.1) is 22.6 Å². The summed E-state index contributed by atoms with van der Waals surface area (Å²) >= 11 is 5.81. The third-order valence-electron chi connectivity index (χ3n) is 3.02. The highest BCUT2D eigenvalue weighted by Crippen LogP contribution is 2.39. The van der Waals surface area contributed by atoms with Crippen molar-refractivity contribution in [3.05, 3.63) is 38.9 Å². The van der Waals surface area contributed by atoms with Crippen molar-refractivity contribution < 1.29 is 10.0 Å². The minimum absolute atomic E-state index is 0.0957. The Hall–Kier alpha value is -1.17. The molecule has 1 aromatic rings. The lowest BCUT2D eigenvalue weighted by molar-refractivity contribution is -0.385. The average Bonchev–Trinajstić information content (AvgIpc) is 3.10. The number of hydrogen-bond acceptors (Lipinski definition) is 4. The number of aliphatic hydroxyl groups is 1. The van der Waals surface area contributed by atoms with E-state index in [1.165, 1.54) is 18.2 Å². The summed E-state index contributed by atoms with van der Waals surface area (Å²) in [5.41, 5.74) is 6.07. The van der Waals surface area contributed by atoms with Crippen LogP contribution >= 0.6 is 11.6 Å². The van der Waals surface area contributed by atoms with E-state index in [2.05, 4.69) is 0 Å². The number of nitrogens with zero attached hydrogens (tertiary/aromatic N) is 1. The largest absolute Gasteiger partial charge is 0.391 e. The van der Waals surface area contributed by atoms with Crippen LogP contribution in [-0.4, -0.2) is 16.1 Å². The van der Waals surface area contributed by atoms with Gasteiger partial charge in [0, 0.05) is 11.1 Å². The van der Waals surface area contributed by atoms with Gasteiger partial charge in [-0.1, -0.05) is 11.6 Å². The fraction of sp³-hybridized carbons (Fsp3) is 0.455. The van der Waals surface area contributed by atoms with Crippen molar-refractivity contribution in [1.29, 1.82) is 0 Å². The fourth-order valence-corrected chi connectivity index (χ4v) is 2.05. The van der Waals surface area contributed by atoms with Crippen molar-refractivity contribution in [3.8, 4) is 0 Å². The molecule has 92 valence electrons. The lowest BCUT2D eigenvalue weighted by Crippen LogP contribution is -2.28. The first-order valence-electron chi connectivity index (χ1n) is 5.38. The summed E-state index contributed by atoms with van der Waals surface area (Å²) in [6, 6.07) is 3.45. The zero-order chi connectivity index (χ0) is 12.6. The molecule has 0 radical (unpaired) electrons. The van der Waals surface area contributed by atoms with E-state index in [4.69, 9.17) is 17.3 Å². The van der Waals surface area contributed by atoms with Gasteiger partial charge in [-0.05, 0) is 30.9 Å². The summed E-state index contributed by atoms with van der Waals surface area (Å²) in [7, 11) is 0. The van der Waals surface area contributed by atoms with Gasteiger partial charge >= 0.3 is 0 Å². The van der Waals surface area contributed by atoms with Crippen molar-refractivity contribution in [1.82, 2.24) is 0 Å². The molecule has 1 aromatic carbocycles. The van der Waals surface area contributed by atoms with Crippen LogP contribution in [0.25, 0.3) is 0 Å². The zero-order valence-electron chi connectivity index (χ0n) is 9.04. The third-order valence-corrected chi connectivity index (χ3v) is 3.25. The lowest BCUT2D eigenvalue weighted by atomic mass is 9.97. The number of halogens is 1. The van der Waals surface area contributed by atoms with Crippen molar-refractivity contribution in [2.24, 2.45) is 11.7 Å². The third kappa shape index (κ3) is 2.57. The van der Waals surface area contributed by atoms with E-state index in [0.717, 1.165) is 12.8 Å². The minimum Gasteiger partial charge on any atom is -0.391 e. The minimum atomic E-state index is -0.762. The number of rotatable bonds is 4. The Morgan fingerprint density at radius 2 is 2.18 bits per heavy atom. The van der Waals surface area contributed by atoms with Crippen LogP contribution in [0.2, 0.25) is 5.02 Å². The molecule has 0 unspecified atom stereocenters. The van der Waals surface area contributed by atoms with Gasteiger partial charge in [-0.25, -0.2) is 0 Å². The predicted octanol–water partition coefficient (Wildman–Crippen LogP) is 2.02. The highest BCUT2D eigenvalue weighted by atomic mass is 35.5. The van der Waals surface area contributed by atoms with Gasteiger partial charge in [0.2, 0.25) is 0 Å². The van der Waals surface area contributed by atoms with Crippen LogP contribution in [0.5, 0.6) is 0 Å². The molecule has 6 heteroatoms. The monoisotopic (exact) mass is 256 g/mol. The molecule has 5 nitrogen and oxygen atoms in total.